The van der Waals surface area contributed by atoms with E-state index in [1.807, 2.05) is 30.3 Å². The number of ether oxygens (including phenoxy) is 1. The van der Waals surface area contributed by atoms with Crippen molar-refractivity contribution in [1.29, 1.82) is 0 Å². The first-order chi connectivity index (χ1) is 9.76. The van der Waals surface area contributed by atoms with Crippen LogP contribution in [0.4, 0.5) is 10.1 Å². The predicted octanol–water partition coefficient (Wildman–Crippen LogP) is 4.19. The van der Waals surface area contributed by atoms with Gasteiger partial charge in [-0.25, -0.2) is 4.39 Å². The highest BCUT2D eigenvalue weighted by molar-refractivity contribution is 5.57. The molecule has 0 bridgehead atoms. The summed E-state index contributed by atoms with van der Waals surface area (Å²) in [5.74, 6) is 1.17. The quantitative estimate of drug-likeness (QED) is 0.900. The Bertz CT molecular complexity index is 593. The van der Waals surface area contributed by atoms with E-state index >= 15 is 0 Å². The monoisotopic (exact) mass is 271 g/mol. The molecule has 2 nitrogen and oxygen atoms in total. The van der Waals surface area contributed by atoms with Gasteiger partial charge in [-0.2, -0.15) is 0 Å². The van der Waals surface area contributed by atoms with Gasteiger partial charge in [0.25, 0.3) is 0 Å². The lowest BCUT2D eigenvalue weighted by atomic mass is 9.76. The minimum atomic E-state index is -0.149. The molecule has 0 amide bonds. The molecule has 3 rings (SSSR count). The Hall–Kier alpha value is -2.03. The first kappa shape index (κ1) is 13.0. The van der Waals surface area contributed by atoms with Crippen LogP contribution in [0.2, 0.25) is 0 Å². The molecule has 0 saturated heterocycles. The lowest BCUT2D eigenvalue weighted by Gasteiger charge is -2.37. The smallest absolute Gasteiger partial charge is 0.141 e. The maximum Gasteiger partial charge on any atom is 0.141 e. The lowest BCUT2D eigenvalue weighted by Crippen LogP contribution is -2.34. The number of hydrogen-bond donors (Lipinski definition) is 1. The molecular weight excluding hydrogens is 253 g/mol. The summed E-state index contributed by atoms with van der Waals surface area (Å²) in [5.41, 5.74) is 2.13. The average Bonchev–Trinajstić information content (AvgIpc) is 2.42. The average molecular weight is 271 g/mol. The van der Waals surface area contributed by atoms with Crippen molar-refractivity contribution in [3.63, 3.8) is 0 Å². The lowest BCUT2D eigenvalue weighted by molar-refractivity contribution is 0.369. The molecule has 2 aromatic carbocycles. The molecule has 1 aliphatic carbocycles. The first-order valence-corrected chi connectivity index (χ1v) is 6.91. The summed E-state index contributed by atoms with van der Waals surface area (Å²) in [6.07, 6.45) is 2.06. The van der Waals surface area contributed by atoms with Crippen LogP contribution >= 0.6 is 0 Å². The van der Waals surface area contributed by atoms with Gasteiger partial charge in [-0.3, -0.25) is 0 Å². The summed E-state index contributed by atoms with van der Waals surface area (Å²) in [6, 6.07) is 15.3. The van der Waals surface area contributed by atoms with Gasteiger partial charge in [-0.1, -0.05) is 24.3 Å². The van der Waals surface area contributed by atoms with Crippen LogP contribution in [0, 0.1) is 5.82 Å². The number of methoxy groups -OCH3 is 1. The second-order valence-electron chi connectivity index (χ2n) is 5.26. The first-order valence-electron chi connectivity index (χ1n) is 6.91. The highest BCUT2D eigenvalue weighted by Gasteiger charge is 2.30. The second-order valence-corrected chi connectivity index (χ2v) is 5.26. The van der Waals surface area contributed by atoms with Gasteiger partial charge in [0.2, 0.25) is 0 Å². The Morgan fingerprint density at radius 1 is 1.10 bits per heavy atom. The van der Waals surface area contributed by atoms with E-state index in [0.29, 0.717) is 12.0 Å². The second kappa shape index (κ2) is 5.53. The summed E-state index contributed by atoms with van der Waals surface area (Å²) in [6.45, 7) is 0. The fourth-order valence-electron chi connectivity index (χ4n) is 2.75. The van der Waals surface area contributed by atoms with E-state index < -0.39 is 0 Å². The third-order valence-corrected chi connectivity index (χ3v) is 3.92. The molecule has 3 heteroatoms. The van der Waals surface area contributed by atoms with Crippen molar-refractivity contribution in [2.45, 2.75) is 24.8 Å². The van der Waals surface area contributed by atoms with Crippen molar-refractivity contribution in [3.05, 3.63) is 59.9 Å². The molecule has 1 N–H and O–H groups in total. The van der Waals surface area contributed by atoms with Crippen LogP contribution in [0.3, 0.4) is 0 Å². The molecule has 0 unspecified atom stereocenters. The number of hydrogen-bond acceptors (Lipinski definition) is 2. The Labute approximate surface area is 118 Å². The minimum Gasteiger partial charge on any atom is -0.495 e. The van der Waals surface area contributed by atoms with Gasteiger partial charge in [-0.15, -0.1) is 0 Å². The highest BCUT2D eigenvalue weighted by atomic mass is 19.1. The summed E-state index contributed by atoms with van der Waals surface area (Å²) in [7, 11) is 1.68. The normalized spacial score (nSPS) is 21.1. The number of rotatable bonds is 4. The maximum atomic E-state index is 13.2. The Balaban J connectivity index is 1.61. The van der Waals surface area contributed by atoms with Crippen molar-refractivity contribution < 1.29 is 9.13 Å². The van der Waals surface area contributed by atoms with Gasteiger partial charge >= 0.3 is 0 Å². The number of benzene rings is 2. The molecule has 0 radical (unpaired) electrons. The zero-order valence-electron chi connectivity index (χ0n) is 11.5. The standard InChI is InChI=1S/C17H18FNO/c1-20-17-8-3-2-7-16(17)19-15-10-13(11-15)12-5-4-6-14(18)9-12/h2-9,13,15,19H,10-11H2,1H3. The van der Waals surface area contributed by atoms with Gasteiger partial charge < -0.3 is 10.1 Å². The van der Waals surface area contributed by atoms with Crippen molar-refractivity contribution in [2.75, 3.05) is 12.4 Å². The van der Waals surface area contributed by atoms with Gasteiger partial charge in [0, 0.05) is 6.04 Å². The SMILES string of the molecule is COc1ccccc1NC1CC(c2cccc(F)c2)C1. The summed E-state index contributed by atoms with van der Waals surface area (Å²) < 4.78 is 18.5. The number of para-hydroxylation sites is 2. The van der Waals surface area contributed by atoms with Crippen LogP contribution in [-0.4, -0.2) is 13.2 Å². The molecule has 104 valence electrons. The number of nitrogens with one attached hydrogen (secondary N) is 1. The third-order valence-electron chi connectivity index (χ3n) is 3.92. The van der Waals surface area contributed by atoms with Gasteiger partial charge in [0.1, 0.15) is 11.6 Å². The van der Waals surface area contributed by atoms with Crippen LogP contribution in [0.5, 0.6) is 5.75 Å². The Morgan fingerprint density at radius 2 is 1.90 bits per heavy atom. The molecule has 1 saturated carbocycles. The molecular formula is C17H18FNO. The molecule has 1 aliphatic rings. The molecule has 20 heavy (non-hydrogen) atoms. The van der Waals surface area contributed by atoms with Crippen molar-refractivity contribution >= 4 is 5.69 Å². The number of halogens is 1. The Morgan fingerprint density at radius 3 is 2.65 bits per heavy atom. The minimum absolute atomic E-state index is 0.149. The van der Waals surface area contributed by atoms with Crippen LogP contribution in [0.15, 0.2) is 48.5 Å². The zero-order chi connectivity index (χ0) is 13.9. The highest BCUT2D eigenvalue weighted by Crippen LogP contribution is 2.39. The van der Waals surface area contributed by atoms with Crippen LogP contribution < -0.4 is 10.1 Å². The molecule has 2 aromatic rings. The van der Waals surface area contributed by atoms with E-state index in [9.17, 15) is 4.39 Å². The number of anilines is 1. The van der Waals surface area contributed by atoms with E-state index in [1.54, 1.807) is 19.2 Å². The van der Waals surface area contributed by atoms with E-state index in [-0.39, 0.29) is 5.82 Å². The van der Waals surface area contributed by atoms with Gasteiger partial charge in [0.05, 0.1) is 12.8 Å². The van der Waals surface area contributed by atoms with Crippen molar-refractivity contribution in [1.82, 2.24) is 0 Å². The molecule has 1 fully saturated rings. The van der Waals surface area contributed by atoms with E-state index in [0.717, 1.165) is 29.8 Å². The Kier molecular flexibility index (Phi) is 3.59. The fraction of sp³-hybridized carbons (Fsp3) is 0.294. The van der Waals surface area contributed by atoms with Gasteiger partial charge in [0.15, 0.2) is 0 Å². The maximum absolute atomic E-state index is 13.2. The zero-order valence-corrected chi connectivity index (χ0v) is 11.5. The van der Waals surface area contributed by atoms with E-state index in [2.05, 4.69) is 5.32 Å². The fourth-order valence-corrected chi connectivity index (χ4v) is 2.75. The largest absolute Gasteiger partial charge is 0.495 e. The predicted molar refractivity (Wildman–Crippen MR) is 78.8 cm³/mol. The summed E-state index contributed by atoms with van der Waals surface area (Å²) in [5, 5.41) is 3.49. The molecule has 0 aromatic heterocycles. The topological polar surface area (TPSA) is 21.3 Å². The summed E-state index contributed by atoms with van der Waals surface area (Å²) in [4.78, 5) is 0. The molecule has 0 heterocycles. The summed E-state index contributed by atoms with van der Waals surface area (Å²) >= 11 is 0. The molecule has 0 atom stereocenters. The van der Waals surface area contributed by atoms with Gasteiger partial charge in [-0.05, 0) is 48.6 Å². The van der Waals surface area contributed by atoms with E-state index in [4.69, 9.17) is 4.74 Å². The van der Waals surface area contributed by atoms with Crippen LogP contribution in [-0.2, 0) is 0 Å². The van der Waals surface area contributed by atoms with Crippen molar-refractivity contribution in [2.24, 2.45) is 0 Å². The van der Waals surface area contributed by atoms with E-state index in [1.165, 1.54) is 6.07 Å². The van der Waals surface area contributed by atoms with Crippen LogP contribution in [0.25, 0.3) is 0 Å². The van der Waals surface area contributed by atoms with Crippen LogP contribution in [0.1, 0.15) is 24.3 Å². The van der Waals surface area contributed by atoms with Crippen molar-refractivity contribution in [3.8, 4) is 5.75 Å². The third kappa shape index (κ3) is 2.62. The molecule has 0 aliphatic heterocycles. The molecule has 0 spiro atoms.